The first-order valence-corrected chi connectivity index (χ1v) is 7.02. The van der Waals surface area contributed by atoms with E-state index in [1.807, 2.05) is 0 Å². The minimum absolute atomic E-state index is 0.225. The Kier molecular flexibility index (Phi) is 5.74. The second-order valence-corrected chi connectivity index (χ2v) is 4.98. The number of ether oxygens (including phenoxy) is 2. The third-order valence-electron chi connectivity index (χ3n) is 2.87. The maximum Gasteiger partial charge on any atom is 0.268 e. The Morgan fingerprint density at radius 1 is 1.36 bits per heavy atom. The summed E-state index contributed by atoms with van der Waals surface area (Å²) >= 11 is 5.85. The molecule has 0 spiro atoms. The van der Waals surface area contributed by atoms with Crippen LogP contribution in [0.3, 0.4) is 0 Å². The number of nitrogens with one attached hydrogen (secondary N) is 1. The number of carbonyl (C=O) groups excluding carboxylic acids is 1. The van der Waals surface area contributed by atoms with E-state index in [1.165, 1.54) is 0 Å². The van der Waals surface area contributed by atoms with Crippen LogP contribution in [-0.2, 0) is 18.3 Å². The monoisotopic (exact) mass is 324 g/mol. The highest BCUT2D eigenvalue weighted by atomic mass is 35.5. The molecule has 0 unspecified atom stereocenters. The maximum absolute atomic E-state index is 12.0. The Morgan fingerprint density at radius 2 is 2.18 bits per heavy atom. The molecule has 7 nitrogen and oxygen atoms in total. The van der Waals surface area contributed by atoms with Crippen LogP contribution >= 0.6 is 11.6 Å². The summed E-state index contributed by atoms with van der Waals surface area (Å²) in [5.74, 6) is 0.193. The summed E-state index contributed by atoms with van der Waals surface area (Å²) in [4.78, 5) is 12.0. The molecule has 2 aromatic rings. The standard InChI is InChI=1S/C14H17ClN4O3/c1-19-9-10(15)7-12(19)14(20)16-8-11-3-4-13(18-17-11)22-6-5-21-2/h3-4,7,9H,5-6,8H2,1-2H3,(H,16,20). The second-order valence-electron chi connectivity index (χ2n) is 4.54. The molecule has 2 rings (SSSR count). The van der Waals surface area contributed by atoms with E-state index in [2.05, 4.69) is 15.5 Å². The fourth-order valence-corrected chi connectivity index (χ4v) is 2.01. The van der Waals surface area contributed by atoms with Crippen molar-refractivity contribution in [3.8, 4) is 5.88 Å². The van der Waals surface area contributed by atoms with E-state index in [1.54, 1.807) is 43.1 Å². The Morgan fingerprint density at radius 3 is 2.77 bits per heavy atom. The fraction of sp³-hybridized carbons (Fsp3) is 0.357. The number of hydrogen-bond donors (Lipinski definition) is 1. The third kappa shape index (κ3) is 4.44. The molecular formula is C14H17ClN4O3. The number of halogens is 1. The molecule has 2 heterocycles. The van der Waals surface area contributed by atoms with Crippen LogP contribution in [0.15, 0.2) is 24.4 Å². The molecule has 22 heavy (non-hydrogen) atoms. The average molecular weight is 325 g/mol. The zero-order chi connectivity index (χ0) is 15.9. The topological polar surface area (TPSA) is 78.3 Å². The number of hydrogen-bond acceptors (Lipinski definition) is 5. The van der Waals surface area contributed by atoms with Crippen LogP contribution in [0.2, 0.25) is 5.02 Å². The number of nitrogens with zero attached hydrogens (tertiary/aromatic N) is 3. The van der Waals surface area contributed by atoms with Gasteiger partial charge in [-0.15, -0.1) is 5.10 Å². The lowest BCUT2D eigenvalue weighted by Crippen LogP contribution is -2.25. The zero-order valence-electron chi connectivity index (χ0n) is 12.4. The number of methoxy groups -OCH3 is 1. The Hall–Kier alpha value is -2.12. The van der Waals surface area contributed by atoms with Crippen molar-refractivity contribution < 1.29 is 14.3 Å². The largest absolute Gasteiger partial charge is 0.474 e. The van der Waals surface area contributed by atoms with E-state index < -0.39 is 0 Å². The van der Waals surface area contributed by atoms with E-state index >= 15 is 0 Å². The molecule has 0 aromatic carbocycles. The molecule has 118 valence electrons. The van der Waals surface area contributed by atoms with Crippen molar-refractivity contribution in [1.29, 1.82) is 0 Å². The normalized spacial score (nSPS) is 10.5. The van der Waals surface area contributed by atoms with Crippen molar-refractivity contribution in [1.82, 2.24) is 20.1 Å². The lowest BCUT2D eigenvalue weighted by molar-refractivity contribution is 0.0942. The number of aromatic nitrogens is 3. The van der Waals surface area contributed by atoms with Crippen LogP contribution < -0.4 is 10.1 Å². The summed E-state index contributed by atoms with van der Waals surface area (Å²) in [5.41, 5.74) is 1.12. The summed E-state index contributed by atoms with van der Waals surface area (Å²) in [5, 5.41) is 11.2. The predicted octanol–water partition coefficient (Wildman–Crippen LogP) is 1.42. The summed E-state index contributed by atoms with van der Waals surface area (Å²) < 4.78 is 11.8. The first kappa shape index (κ1) is 16.3. The Bertz CT molecular complexity index is 628. The molecule has 8 heteroatoms. The molecule has 0 atom stereocenters. The van der Waals surface area contributed by atoms with Gasteiger partial charge in [0.05, 0.1) is 23.9 Å². The van der Waals surface area contributed by atoms with Gasteiger partial charge < -0.3 is 19.4 Å². The van der Waals surface area contributed by atoms with Gasteiger partial charge in [-0.2, -0.15) is 5.10 Å². The van der Waals surface area contributed by atoms with Crippen LogP contribution in [0.5, 0.6) is 5.88 Å². The Balaban J connectivity index is 1.86. The van der Waals surface area contributed by atoms with E-state index in [-0.39, 0.29) is 12.5 Å². The van der Waals surface area contributed by atoms with Gasteiger partial charge in [-0.1, -0.05) is 11.6 Å². The lowest BCUT2D eigenvalue weighted by atomic mass is 10.3. The van der Waals surface area contributed by atoms with E-state index in [9.17, 15) is 4.79 Å². The molecule has 0 aliphatic rings. The summed E-state index contributed by atoms with van der Waals surface area (Å²) in [6.07, 6.45) is 1.67. The van der Waals surface area contributed by atoms with Crippen molar-refractivity contribution in [2.24, 2.45) is 7.05 Å². The van der Waals surface area contributed by atoms with Crippen molar-refractivity contribution in [2.75, 3.05) is 20.3 Å². The van der Waals surface area contributed by atoms with Crippen molar-refractivity contribution >= 4 is 17.5 Å². The van der Waals surface area contributed by atoms with Gasteiger partial charge in [-0.25, -0.2) is 0 Å². The number of rotatable bonds is 7. The van der Waals surface area contributed by atoms with Crippen LogP contribution in [0.4, 0.5) is 0 Å². The van der Waals surface area contributed by atoms with Gasteiger partial charge in [-0.05, 0) is 12.1 Å². The molecule has 0 radical (unpaired) electrons. The predicted molar refractivity (Wildman–Crippen MR) is 81.0 cm³/mol. The molecule has 2 aromatic heterocycles. The van der Waals surface area contributed by atoms with Crippen LogP contribution in [-0.4, -0.2) is 41.0 Å². The number of carbonyl (C=O) groups is 1. The third-order valence-corrected chi connectivity index (χ3v) is 3.07. The van der Waals surface area contributed by atoms with Crippen molar-refractivity contribution in [2.45, 2.75) is 6.54 Å². The molecular weight excluding hydrogens is 308 g/mol. The highest BCUT2D eigenvalue weighted by Gasteiger charge is 2.11. The molecule has 0 aliphatic carbocycles. The molecule has 0 aliphatic heterocycles. The van der Waals surface area contributed by atoms with E-state index in [0.29, 0.717) is 35.5 Å². The fourth-order valence-electron chi connectivity index (χ4n) is 1.76. The van der Waals surface area contributed by atoms with Gasteiger partial charge in [0.2, 0.25) is 5.88 Å². The Labute approximate surface area is 133 Å². The van der Waals surface area contributed by atoms with Gasteiger partial charge in [0.1, 0.15) is 12.3 Å². The highest BCUT2D eigenvalue weighted by Crippen LogP contribution is 2.12. The molecule has 0 saturated heterocycles. The van der Waals surface area contributed by atoms with Crippen molar-refractivity contribution in [3.63, 3.8) is 0 Å². The van der Waals surface area contributed by atoms with Gasteiger partial charge in [0, 0.05) is 26.4 Å². The first-order valence-electron chi connectivity index (χ1n) is 6.64. The maximum atomic E-state index is 12.0. The van der Waals surface area contributed by atoms with Gasteiger partial charge in [0.25, 0.3) is 5.91 Å². The summed E-state index contributed by atoms with van der Waals surface area (Å²) in [6.45, 7) is 1.17. The SMILES string of the molecule is COCCOc1ccc(CNC(=O)c2cc(Cl)cn2C)nn1. The van der Waals surface area contributed by atoms with Crippen LogP contribution in [0, 0.1) is 0 Å². The summed E-state index contributed by atoms with van der Waals surface area (Å²) in [7, 11) is 3.35. The second kappa shape index (κ2) is 7.77. The minimum Gasteiger partial charge on any atom is -0.474 e. The van der Waals surface area contributed by atoms with E-state index in [4.69, 9.17) is 21.1 Å². The lowest BCUT2D eigenvalue weighted by Gasteiger charge is -2.06. The van der Waals surface area contributed by atoms with Gasteiger partial charge in [-0.3, -0.25) is 4.79 Å². The summed E-state index contributed by atoms with van der Waals surface area (Å²) in [6, 6.07) is 5.05. The van der Waals surface area contributed by atoms with Gasteiger partial charge >= 0.3 is 0 Å². The molecule has 0 fully saturated rings. The number of aryl methyl sites for hydroxylation is 1. The molecule has 0 saturated carbocycles. The first-order chi connectivity index (χ1) is 10.6. The molecule has 1 N–H and O–H groups in total. The zero-order valence-corrected chi connectivity index (χ0v) is 13.1. The highest BCUT2D eigenvalue weighted by molar-refractivity contribution is 6.31. The van der Waals surface area contributed by atoms with E-state index in [0.717, 1.165) is 0 Å². The smallest absolute Gasteiger partial charge is 0.268 e. The van der Waals surface area contributed by atoms with Gasteiger partial charge in [0.15, 0.2) is 0 Å². The molecule has 0 bridgehead atoms. The minimum atomic E-state index is -0.225. The average Bonchev–Trinajstić information content (AvgIpc) is 2.85. The van der Waals surface area contributed by atoms with Crippen LogP contribution in [0.1, 0.15) is 16.2 Å². The molecule has 1 amide bonds. The quantitative estimate of drug-likeness (QED) is 0.779. The van der Waals surface area contributed by atoms with Crippen LogP contribution in [0.25, 0.3) is 0 Å². The number of amides is 1. The van der Waals surface area contributed by atoms with Crippen molar-refractivity contribution in [3.05, 3.63) is 40.8 Å².